The lowest BCUT2D eigenvalue weighted by atomic mass is 10.0. The van der Waals surface area contributed by atoms with E-state index < -0.39 is 23.5 Å². The second kappa shape index (κ2) is 6.66. The van der Waals surface area contributed by atoms with Crippen LogP contribution in [-0.4, -0.2) is 38.4 Å². The summed E-state index contributed by atoms with van der Waals surface area (Å²) in [6.07, 6.45) is 5.33. The van der Waals surface area contributed by atoms with Crippen molar-refractivity contribution in [2.45, 2.75) is 26.4 Å². The number of nitrogens with zero attached hydrogens (tertiary/aromatic N) is 3. The number of nitrogens with one attached hydrogen (secondary N) is 1. The number of ether oxygens (including phenoxy) is 1. The maximum atomic E-state index is 13.3. The van der Waals surface area contributed by atoms with Crippen molar-refractivity contribution in [1.82, 2.24) is 20.2 Å². The average Bonchev–Trinajstić information content (AvgIpc) is 3.18. The van der Waals surface area contributed by atoms with Crippen LogP contribution in [0.25, 0.3) is 11.4 Å². The van der Waals surface area contributed by atoms with Gasteiger partial charge in [-0.15, -0.1) is 0 Å². The predicted molar refractivity (Wildman–Crippen MR) is 104 cm³/mol. The first-order chi connectivity index (χ1) is 13.8. The molecule has 0 radical (unpaired) electrons. The third kappa shape index (κ3) is 3.18. The first-order valence-corrected chi connectivity index (χ1v) is 8.96. The number of hydrogen-bond donors (Lipinski definition) is 1. The van der Waals surface area contributed by atoms with Gasteiger partial charge >= 0.3 is 6.09 Å². The van der Waals surface area contributed by atoms with Gasteiger partial charge in [-0.1, -0.05) is 0 Å². The number of imide groups is 1. The molecule has 29 heavy (non-hydrogen) atoms. The number of amides is 3. The highest BCUT2D eigenvalue weighted by Gasteiger charge is 2.49. The highest BCUT2D eigenvalue weighted by molar-refractivity contribution is 6.33. The molecule has 4 heterocycles. The molecule has 0 saturated heterocycles. The fourth-order valence-corrected chi connectivity index (χ4v) is 3.24. The summed E-state index contributed by atoms with van der Waals surface area (Å²) < 4.78 is 5.44. The molecule has 1 N–H and O–H groups in total. The standard InChI is InChI=1S/C21H18N4O4/c1-21(2,3)29-20(28)25-17(13-6-10-23-11-7-13)15-14(19(25)27)16(24-18(15)26)12-4-8-22-9-5-12/h4-11H,1-3H3,(H,24,26). The monoisotopic (exact) mass is 390 g/mol. The van der Waals surface area contributed by atoms with Gasteiger partial charge < -0.3 is 10.1 Å². The van der Waals surface area contributed by atoms with Crippen LogP contribution < -0.4 is 5.32 Å². The highest BCUT2D eigenvalue weighted by Crippen LogP contribution is 2.42. The smallest absolute Gasteiger partial charge is 0.422 e. The van der Waals surface area contributed by atoms with E-state index in [-0.39, 0.29) is 16.8 Å². The number of aromatic nitrogens is 2. The Morgan fingerprint density at radius 3 is 2.03 bits per heavy atom. The number of pyridine rings is 2. The van der Waals surface area contributed by atoms with Crippen LogP contribution in [0.1, 0.15) is 31.9 Å². The zero-order valence-electron chi connectivity index (χ0n) is 16.1. The van der Waals surface area contributed by atoms with Crippen molar-refractivity contribution in [3.63, 3.8) is 0 Å². The lowest BCUT2D eigenvalue weighted by Gasteiger charge is -2.25. The van der Waals surface area contributed by atoms with Crippen LogP contribution in [0.3, 0.4) is 0 Å². The minimum atomic E-state index is -0.842. The Labute approximate surface area is 166 Å². The number of carbonyl (C=O) groups excluding carboxylic acids is 3. The van der Waals surface area contributed by atoms with Crippen LogP contribution in [-0.2, 0) is 14.3 Å². The molecule has 8 heteroatoms. The molecule has 3 amide bonds. The quantitative estimate of drug-likeness (QED) is 0.845. The van der Waals surface area contributed by atoms with Crippen molar-refractivity contribution in [2.75, 3.05) is 0 Å². The van der Waals surface area contributed by atoms with Crippen molar-refractivity contribution >= 4 is 29.3 Å². The zero-order valence-corrected chi connectivity index (χ0v) is 16.1. The van der Waals surface area contributed by atoms with Gasteiger partial charge in [0.15, 0.2) is 0 Å². The SMILES string of the molecule is CC(C)(C)OC(=O)N1C(=O)C2=C(c3ccncc3)NC(=O)C2=C1c1ccncc1. The van der Waals surface area contributed by atoms with Gasteiger partial charge in [0.1, 0.15) is 5.60 Å². The molecule has 2 aliphatic rings. The average molecular weight is 390 g/mol. The second-order valence-corrected chi connectivity index (χ2v) is 7.52. The Bertz CT molecular complexity index is 1080. The van der Waals surface area contributed by atoms with E-state index in [1.165, 1.54) is 12.4 Å². The zero-order chi connectivity index (χ0) is 20.8. The molecule has 2 aromatic heterocycles. The van der Waals surface area contributed by atoms with E-state index >= 15 is 0 Å². The second-order valence-electron chi connectivity index (χ2n) is 7.52. The molecule has 0 saturated carbocycles. The summed E-state index contributed by atoms with van der Waals surface area (Å²) in [5.41, 5.74) is 1.12. The van der Waals surface area contributed by atoms with Crippen molar-refractivity contribution in [2.24, 2.45) is 0 Å². The molecule has 0 atom stereocenters. The predicted octanol–water partition coefficient (Wildman–Crippen LogP) is 2.51. The third-order valence-corrected chi connectivity index (χ3v) is 4.34. The molecule has 0 aromatic carbocycles. The summed E-state index contributed by atoms with van der Waals surface area (Å²) in [5, 5.41) is 2.75. The van der Waals surface area contributed by atoms with E-state index in [0.29, 0.717) is 16.8 Å². The molecule has 146 valence electrons. The van der Waals surface area contributed by atoms with Crippen LogP contribution in [0.4, 0.5) is 4.79 Å². The summed E-state index contributed by atoms with van der Waals surface area (Å²) in [7, 11) is 0. The number of hydrogen-bond acceptors (Lipinski definition) is 6. The molecule has 8 nitrogen and oxygen atoms in total. The Kier molecular flexibility index (Phi) is 4.26. The van der Waals surface area contributed by atoms with E-state index in [4.69, 9.17) is 4.74 Å². The summed E-state index contributed by atoms with van der Waals surface area (Å²) >= 11 is 0. The Morgan fingerprint density at radius 2 is 1.48 bits per heavy atom. The molecule has 2 aromatic rings. The molecule has 0 spiro atoms. The largest absolute Gasteiger partial charge is 0.443 e. The molecule has 0 bridgehead atoms. The number of carbonyl (C=O) groups is 3. The molecule has 0 fully saturated rings. The molecule has 0 aliphatic carbocycles. The van der Waals surface area contributed by atoms with E-state index in [9.17, 15) is 14.4 Å². The van der Waals surface area contributed by atoms with Gasteiger partial charge in [-0.2, -0.15) is 0 Å². The lowest BCUT2D eigenvalue weighted by molar-refractivity contribution is -0.122. The maximum absolute atomic E-state index is 13.3. The highest BCUT2D eigenvalue weighted by atomic mass is 16.6. The van der Waals surface area contributed by atoms with Crippen LogP contribution >= 0.6 is 0 Å². The van der Waals surface area contributed by atoms with Gasteiger partial charge in [-0.05, 0) is 45.0 Å². The third-order valence-electron chi connectivity index (χ3n) is 4.34. The van der Waals surface area contributed by atoms with Gasteiger partial charge in [0.25, 0.3) is 11.8 Å². The van der Waals surface area contributed by atoms with Crippen molar-refractivity contribution in [3.8, 4) is 0 Å². The minimum absolute atomic E-state index is 0.138. The number of fused-ring (bicyclic) bond motifs is 1. The lowest BCUT2D eigenvalue weighted by Crippen LogP contribution is -2.38. The summed E-state index contributed by atoms with van der Waals surface area (Å²) in [6.45, 7) is 5.12. The van der Waals surface area contributed by atoms with E-state index in [0.717, 1.165) is 4.90 Å². The maximum Gasteiger partial charge on any atom is 0.422 e. The normalized spacial score (nSPS) is 16.3. The Morgan fingerprint density at radius 1 is 0.931 bits per heavy atom. The van der Waals surface area contributed by atoms with Crippen LogP contribution in [0.5, 0.6) is 0 Å². The van der Waals surface area contributed by atoms with Gasteiger partial charge in [-0.25, -0.2) is 9.69 Å². The van der Waals surface area contributed by atoms with Crippen molar-refractivity contribution in [3.05, 3.63) is 71.3 Å². The van der Waals surface area contributed by atoms with Crippen molar-refractivity contribution in [1.29, 1.82) is 0 Å². The minimum Gasteiger partial charge on any atom is -0.443 e. The van der Waals surface area contributed by atoms with Gasteiger partial charge in [0, 0.05) is 35.9 Å². The van der Waals surface area contributed by atoms with Crippen LogP contribution in [0, 0.1) is 0 Å². The van der Waals surface area contributed by atoms with Crippen LogP contribution in [0.15, 0.2) is 60.2 Å². The summed E-state index contributed by atoms with van der Waals surface area (Å²) in [4.78, 5) is 47.9. The van der Waals surface area contributed by atoms with Gasteiger partial charge in [0.05, 0.1) is 22.5 Å². The molecule has 4 rings (SSSR count). The molecule has 0 unspecified atom stereocenters. The fourth-order valence-electron chi connectivity index (χ4n) is 3.24. The molecule has 2 aliphatic heterocycles. The Balaban J connectivity index is 1.93. The van der Waals surface area contributed by atoms with Crippen molar-refractivity contribution < 1.29 is 19.1 Å². The first-order valence-electron chi connectivity index (χ1n) is 8.96. The van der Waals surface area contributed by atoms with E-state index in [2.05, 4.69) is 15.3 Å². The summed E-state index contributed by atoms with van der Waals surface area (Å²) in [5.74, 6) is -1.08. The van der Waals surface area contributed by atoms with Gasteiger partial charge in [0.2, 0.25) is 0 Å². The van der Waals surface area contributed by atoms with Gasteiger partial charge in [-0.3, -0.25) is 19.6 Å². The number of rotatable bonds is 2. The topological polar surface area (TPSA) is 101 Å². The van der Waals surface area contributed by atoms with E-state index in [1.807, 2.05) is 0 Å². The fraction of sp³-hybridized carbons (Fsp3) is 0.190. The first kappa shape index (κ1) is 18.5. The van der Waals surface area contributed by atoms with E-state index in [1.54, 1.807) is 57.4 Å². The summed E-state index contributed by atoms with van der Waals surface area (Å²) in [6, 6.07) is 6.63. The molecular weight excluding hydrogens is 372 g/mol. The van der Waals surface area contributed by atoms with Crippen LogP contribution in [0.2, 0.25) is 0 Å². The molecular formula is C21H18N4O4. The Hall–Kier alpha value is -3.81.